The number of carbonyl (C=O) groups excluding carboxylic acids is 1. The van der Waals surface area contributed by atoms with Crippen LogP contribution in [0.1, 0.15) is 19.4 Å². The molecule has 16 heavy (non-hydrogen) atoms. The average Bonchev–Trinajstić information content (AvgIpc) is 2.25. The fourth-order valence-electron chi connectivity index (χ4n) is 1.11. The highest BCUT2D eigenvalue weighted by Gasteiger charge is 1.97. The van der Waals surface area contributed by atoms with Gasteiger partial charge in [0.15, 0.2) is 0 Å². The first-order chi connectivity index (χ1) is 7.58. The molecule has 0 unspecified atom stereocenters. The van der Waals surface area contributed by atoms with Crippen LogP contribution in [-0.2, 0) is 4.79 Å². The third-order valence-electron chi connectivity index (χ3n) is 1.98. The molecule has 0 aliphatic rings. The summed E-state index contributed by atoms with van der Waals surface area (Å²) in [5.74, 6) is 0.0302. The van der Waals surface area contributed by atoms with E-state index in [2.05, 4.69) is 5.32 Å². The monoisotopic (exact) mass is 221 g/mol. The minimum absolute atomic E-state index is 0.127. The van der Waals surface area contributed by atoms with Crippen LogP contribution in [0.2, 0.25) is 0 Å². The molecular formula is C13H16FNO. The van der Waals surface area contributed by atoms with Crippen molar-refractivity contribution in [3.05, 3.63) is 41.7 Å². The normalized spacial score (nSPS) is 11.0. The number of rotatable bonds is 4. The van der Waals surface area contributed by atoms with E-state index in [0.717, 1.165) is 5.56 Å². The summed E-state index contributed by atoms with van der Waals surface area (Å²) in [5.41, 5.74) is 0.807. The van der Waals surface area contributed by atoms with Crippen molar-refractivity contribution in [3.8, 4) is 0 Å². The number of nitrogens with one attached hydrogen (secondary N) is 1. The van der Waals surface area contributed by atoms with E-state index < -0.39 is 0 Å². The Labute approximate surface area is 95.2 Å². The van der Waals surface area contributed by atoms with Crippen LogP contribution in [0.15, 0.2) is 30.3 Å². The summed E-state index contributed by atoms with van der Waals surface area (Å²) in [6.45, 7) is 4.72. The molecule has 0 spiro atoms. The number of hydrogen-bond donors (Lipinski definition) is 1. The Balaban J connectivity index is 2.47. The van der Waals surface area contributed by atoms with Gasteiger partial charge in [-0.15, -0.1) is 0 Å². The Morgan fingerprint density at radius 3 is 2.56 bits per heavy atom. The van der Waals surface area contributed by atoms with Gasteiger partial charge >= 0.3 is 0 Å². The Morgan fingerprint density at radius 2 is 2.00 bits per heavy atom. The zero-order valence-corrected chi connectivity index (χ0v) is 9.53. The molecule has 0 saturated heterocycles. The van der Waals surface area contributed by atoms with E-state index >= 15 is 0 Å². The second kappa shape index (κ2) is 6.05. The zero-order chi connectivity index (χ0) is 12.0. The molecule has 2 nitrogen and oxygen atoms in total. The van der Waals surface area contributed by atoms with Crippen molar-refractivity contribution in [2.75, 3.05) is 6.54 Å². The highest BCUT2D eigenvalue weighted by molar-refractivity contribution is 5.91. The van der Waals surface area contributed by atoms with Gasteiger partial charge in [0, 0.05) is 12.6 Å². The van der Waals surface area contributed by atoms with Crippen LogP contribution in [0.25, 0.3) is 6.08 Å². The highest BCUT2D eigenvalue weighted by atomic mass is 19.1. The average molecular weight is 221 g/mol. The van der Waals surface area contributed by atoms with Crippen molar-refractivity contribution >= 4 is 12.0 Å². The van der Waals surface area contributed by atoms with Gasteiger partial charge in [-0.05, 0) is 29.7 Å². The topological polar surface area (TPSA) is 29.1 Å². The molecule has 1 aromatic carbocycles. The molecular weight excluding hydrogens is 205 g/mol. The SMILES string of the molecule is CC(C)CNC(=O)/C=C/c1ccc(F)cc1. The van der Waals surface area contributed by atoms with Crippen molar-refractivity contribution in [2.24, 2.45) is 5.92 Å². The van der Waals surface area contributed by atoms with Gasteiger partial charge in [-0.3, -0.25) is 4.79 Å². The lowest BCUT2D eigenvalue weighted by Crippen LogP contribution is -2.25. The molecule has 0 heterocycles. The molecule has 0 radical (unpaired) electrons. The van der Waals surface area contributed by atoms with Crippen LogP contribution < -0.4 is 5.32 Å². The Hall–Kier alpha value is -1.64. The maximum absolute atomic E-state index is 12.6. The van der Waals surface area contributed by atoms with E-state index in [1.807, 2.05) is 13.8 Å². The number of benzene rings is 1. The molecule has 0 aliphatic carbocycles. The predicted octanol–water partition coefficient (Wildman–Crippen LogP) is 2.61. The summed E-state index contributed by atoms with van der Waals surface area (Å²) in [5, 5.41) is 2.76. The first-order valence-corrected chi connectivity index (χ1v) is 5.29. The summed E-state index contributed by atoms with van der Waals surface area (Å²) < 4.78 is 12.6. The van der Waals surface area contributed by atoms with Crippen molar-refractivity contribution in [3.63, 3.8) is 0 Å². The van der Waals surface area contributed by atoms with E-state index in [-0.39, 0.29) is 11.7 Å². The highest BCUT2D eigenvalue weighted by Crippen LogP contribution is 2.04. The molecule has 0 fully saturated rings. The van der Waals surface area contributed by atoms with Crippen molar-refractivity contribution in [1.82, 2.24) is 5.32 Å². The van der Waals surface area contributed by atoms with Crippen molar-refractivity contribution in [2.45, 2.75) is 13.8 Å². The molecule has 1 rings (SSSR count). The second-order valence-electron chi connectivity index (χ2n) is 4.02. The summed E-state index contributed by atoms with van der Waals surface area (Å²) in [6.07, 6.45) is 3.12. The molecule has 0 bridgehead atoms. The number of carbonyl (C=O) groups is 1. The van der Waals surface area contributed by atoms with Gasteiger partial charge in [0.05, 0.1) is 0 Å². The third kappa shape index (κ3) is 4.73. The first-order valence-electron chi connectivity index (χ1n) is 5.29. The predicted molar refractivity (Wildman–Crippen MR) is 63.3 cm³/mol. The summed E-state index contributed by atoms with van der Waals surface area (Å²) in [4.78, 5) is 11.3. The van der Waals surface area contributed by atoms with Gasteiger partial charge in [-0.25, -0.2) is 4.39 Å². The van der Waals surface area contributed by atoms with Crippen LogP contribution in [0.3, 0.4) is 0 Å². The maximum Gasteiger partial charge on any atom is 0.244 e. The van der Waals surface area contributed by atoms with Gasteiger partial charge in [-0.1, -0.05) is 26.0 Å². The fourth-order valence-corrected chi connectivity index (χ4v) is 1.11. The van der Waals surface area contributed by atoms with Crippen LogP contribution in [0.4, 0.5) is 4.39 Å². The number of hydrogen-bond acceptors (Lipinski definition) is 1. The van der Waals surface area contributed by atoms with E-state index in [9.17, 15) is 9.18 Å². The van der Waals surface area contributed by atoms with E-state index in [0.29, 0.717) is 12.5 Å². The van der Waals surface area contributed by atoms with Crippen LogP contribution in [0, 0.1) is 11.7 Å². The molecule has 86 valence electrons. The molecule has 1 aromatic rings. The quantitative estimate of drug-likeness (QED) is 0.778. The van der Waals surface area contributed by atoms with Gasteiger partial charge in [0.1, 0.15) is 5.82 Å². The maximum atomic E-state index is 12.6. The molecule has 1 amide bonds. The van der Waals surface area contributed by atoms with E-state index in [4.69, 9.17) is 0 Å². The second-order valence-corrected chi connectivity index (χ2v) is 4.02. The Bertz CT molecular complexity index is 368. The molecule has 0 aromatic heterocycles. The molecule has 3 heteroatoms. The molecule has 0 aliphatic heterocycles. The Kier molecular flexibility index (Phi) is 4.70. The third-order valence-corrected chi connectivity index (χ3v) is 1.98. The lowest BCUT2D eigenvalue weighted by atomic mass is 10.2. The summed E-state index contributed by atoms with van der Waals surface area (Å²) >= 11 is 0. The number of halogens is 1. The van der Waals surface area contributed by atoms with Crippen molar-refractivity contribution < 1.29 is 9.18 Å². The lowest BCUT2D eigenvalue weighted by molar-refractivity contribution is -0.116. The summed E-state index contributed by atoms with van der Waals surface area (Å²) in [7, 11) is 0. The van der Waals surface area contributed by atoms with Gasteiger partial charge in [0.2, 0.25) is 5.91 Å². The molecule has 0 saturated carbocycles. The lowest BCUT2D eigenvalue weighted by Gasteiger charge is -2.04. The van der Waals surface area contributed by atoms with Crippen LogP contribution in [-0.4, -0.2) is 12.5 Å². The van der Waals surface area contributed by atoms with E-state index in [1.165, 1.54) is 18.2 Å². The minimum Gasteiger partial charge on any atom is -0.352 e. The fraction of sp³-hybridized carbons (Fsp3) is 0.308. The smallest absolute Gasteiger partial charge is 0.244 e. The standard InChI is InChI=1S/C13H16FNO/c1-10(2)9-15-13(16)8-5-11-3-6-12(14)7-4-11/h3-8,10H,9H2,1-2H3,(H,15,16)/b8-5+. The molecule has 0 atom stereocenters. The molecule has 1 N–H and O–H groups in total. The van der Waals surface area contributed by atoms with Crippen LogP contribution in [0.5, 0.6) is 0 Å². The Morgan fingerprint density at radius 1 is 1.38 bits per heavy atom. The van der Waals surface area contributed by atoms with Gasteiger partial charge in [-0.2, -0.15) is 0 Å². The minimum atomic E-state index is -0.276. The van der Waals surface area contributed by atoms with Gasteiger partial charge < -0.3 is 5.32 Å². The van der Waals surface area contributed by atoms with E-state index in [1.54, 1.807) is 18.2 Å². The summed E-state index contributed by atoms with van der Waals surface area (Å²) in [6, 6.07) is 5.99. The number of amides is 1. The van der Waals surface area contributed by atoms with Gasteiger partial charge in [0.25, 0.3) is 0 Å². The first kappa shape index (κ1) is 12.4. The van der Waals surface area contributed by atoms with Crippen molar-refractivity contribution in [1.29, 1.82) is 0 Å². The largest absolute Gasteiger partial charge is 0.352 e. The zero-order valence-electron chi connectivity index (χ0n) is 9.53. The van der Waals surface area contributed by atoms with Crippen LogP contribution >= 0.6 is 0 Å².